The highest BCUT2D eigenvalue weighted by molar-refractivity contribution is 9.10. The van der Waals surface area contributed by atoms with Crippen molar-refractivity contribution in [2.75, 3.05) is 13.2 Å². The predicted octanol–water partition coefficient (Wildman–Crippen LogP) is 11.3. The van der Waals surface area contributed by atoms with Crippen LogP contribution < -0.4 is 0 Å². The smallest absolute Gasteiger partial charge is 0.373 e. The number of benzene rings is 2. The Morgan fingerprint density at radius 1 is 0.607 bits per heavy atom. The first-order valence-electron chi connectivity index (χ1n) is 21.8. The van der Waals surface area contributed by atoms with Gasteiger partial charge >= 0.3 is 12.3 Å². The molecule has 2 aliphatic rings. The standard InChI is InChI=1S/C24H29BrN2O.C24H30N2O.2CO2/c1-2-20-13-14-21-22(19-11-7-4-8-12-19)23(25)27(24(21)26-20)15-16-28-17-18-9-5-3-6-10-18;1-2-21-13-14-22-23(20-11-7-4-8-12-20)17-26(24(22)25-21)15-16-27-18-19-9-5-3-6-10-19;2*2-1-3/h3,5-6,9-10,13-14,19H,2,4,7-8,11-12,15-17H2,1H3;3,5-6,9-10,13-14,17,20H,2,4,7-8,11-12,15-16,18H2,1H3;;. The monoisotopic (exact) mass is 890 g/mol. The maximum absolute atomic E-state index is 8.12. The molecule has 0 radical (unpaired) electrons. The van der Waals surface area contributed by atoms with Crippen molar-refractivity contribution in [1.82, 2.24) is 19.1 Å². The van der Waals surface area contributed by atoms with E-state index in [0.29, 0.717) is 38.3 Å². The molecule has 11 heteroatoms. The van der Waals surface area contributed by atoms with Gasteiger partial charge in [0, 0.05) is 41.4 Å². The van der Waals surface area contributed by atoms with E-state index in [1.54, 1.807) is 0 Å². The number of rotatable bonds is 14. The first-order valence-corrected chi connectivity index (χ1v) is 22.6. The fourth-order valence-corrected chi connectivity index (χ4v) is 9.50. The number of hydrogen-bond acceptors (Lipinski definition) is 8. The number of aromatic nitrogens is 4. The lowest BCUT2D eigenvalue weighted by Crippen LogP contribution is -2.08. The highest BCUT2D eigenvalue weighted by Crippen LogP contribution is 2.42. The van der Waals surface area contributed by atoms with Crippen LogP contribution >= 0.6 is 15.9 Å². The normalized spacial score (nSPS) is 14.1. The van der Waals surface area contributed by atoms with E-state index in [1.165, 1.54) is 108 Å². The number of carbonyl (C=O) groups excluding carboxylic acids is 4. The number of nitrogens with zero attached hydrogens (tertiary/aromatic N) is 4. The van der Waals surface area contributed by atoms with Crippen LogP contribution in [0.4, 0.5) is 0 Å². The largest absolute Gasteiger partial charge is 0.375 e. The van der Waals surface area contributed by atoms with E-state index >= 15 is 0 Å². The van der Waals surface area contributed by atoms with Crippen LogP contribution in [0.15, 0.2) is 95.7 Å². The van der Waals surface area contributed by atoms with Crippen LogP contribution in [0.1, 0.15) is 124 Å². The van der Waals surface area contributed by atoms with Crippen LogP contribution in [0.3, 0.4) is 0 Å². The SMILES string of the molecule is CCc1ccc2c(C3CCCCC3)c(Br)n(CCOCc3ccccc3)c2n1.CCc1ccc2c(C3CCCCC3)cn(CCOCc3ccccc3)c2n1.O=C=O.O=C=O. The molecule has 0 saturated heterocycles. The molecule has 2 saturated carbocycles. The zero-order valence-corrected chi connectivity index (χ0v) is 37.2. The molecular formula is C50H59BrN4O6. The van der Waals surface area contributed by atoms with Gasteiger partial charge in [-0.1, -0.05) is 113 Å². The summed E-state index contributed by atoms with van der Waals surface area (Å²) in [5.74, 6) is 1.34. The minimum absolute atomic E-state index is 0.250. The van der Waals surface area contributed by atoms with Crippen LogP contribution in [0.5, 0.6) is 0 Å². The van der Waals surface area contributed by atoms with Crippen molar-refractivity contribution in [3.63, 3.8) is 0 Å². The summed E-state index contributed by atoms with van der Waals surface area (Å²) in [4.78, 5) is 42.4. The second kappa shape index (κ2) is 25.7. The molecule has 322 valence electrons. The molecule has 0 spiro atoms. The maximum atomic E-state index is 8.12. The second-order valence-electron chi connectivity index (χ2n) is 15.6. The van der Waals surface area contributed by atoms with Gasteiger partial charge in [-0.2, -0.15) is 19.2 Å². The van der Waals surface area contributed by atoms with Crippen molar-refractivity contribution >= 4 is 50.3 Å². The first kappa shape index (κ1) is 47.0. The molecule has 0 unspecified atom stereocenters. The molecule has 4 heterocycles. The Morgan fingerprint density at radius 3 is 1.61 bits per heavy atom. The number of ether oxygens (including phenoxy) is 2. The van der Waals surface area contributed by atoms with E-state index in [4.69, 9.17) is 38.6 Å². The lowest BCUT2D eigenvalue weighted by molar-refractivity contribution is -0.193. The van der Waals surface area contributed by atoms with Crippen molar-refractivity contribution in [3.05, 3.63) is 129 Å². The number of fused-ring (bicyclic) bond motifs is 2. The van der Waals surface area contributed by atoms with Gasteiger partial charge in [0.05, 0.1) is 31.0 Å². The van der Waals surface area contributed by atoms with Crippen molar-refractivity contribution in [1.29, 1.82) is 0 Å². The molecule has 2 aromatic carbocycles. The Kier molecular flexibility index (Phi) is 19.8. The van der Waals surface area contributed by atoms with Crippen LogP contribution in [0, 0.1) is 0 Å². The molecule has 0 bridgehead atoms. The van der Waals surface area contributed by atoms with Gasteiger partial charge in [-0.25, -0.2) is 9.97 Å². The molecule has 10 nitrogen and oxygen atoms in total. The summed E-state index contributed by atoms with van der Waals surface area (Å²) in [6, 6.07) is 29.7. The molecular weight excluding hydrogens is 832 g/mol. The third-order valence-corrected chi connectivity index (χ3v) is 12.5. The van der Waals surface area contributed by atoms with Gasteiger partial charge in [-0.05, 0) is 113 Å². The summed E-state index contributed by atoms with van der Waals surface area (Å²) in [6.07, 6.45) is 18.2. The Labute approximate surface area is 368 Å². The summed E-state index contributed by atoms with van der Waals surface area (Å²) >= 11 is 3.94. The van der Waals surface area contributed by atoms with Gasteiger partial charge in [0.25, 0.3) is 0 Å². The summed E-state index contributed by atoms with van der Waals surface area (Å²) in [5.41, 5.74) is 9.97. The minimum Gasteiger partial charge on any atom is -0.375 e. The van der Waals surface area contributed by atoms with Gasteiger partial charge < -0.3 is 18.6 Å². The fraction of sp³-hybridized carbons (Fsp3) is 0.440. The highest BCUT2D eigenvalue weighted by atomic mass is 79.9. The van der Waals surface area contributed by atoms with E-state index in [2.05, 4.69) is 118 Å². The molecule has 61 heavy (non-hydrogen) atoms. The number of aryl methyl sites for hydroxylation is 2. The van der Waals surface area contributed by atoms with Crippen LogP contribution in [-0.2, 0) is 67.8 Å². The zero-order chi connectivity index (χ0) is 43.2. The van der Waals surface area contributed by atoms with Crippen molar-refractivity contribution in [2.45, 2.75) is 129 Å². The van der Waals surface area contributed by atoms with E-state index in [1.807, 2.05) is 12.1 Å². The highest BCUT2D eigenvalue weighted by Gasteiger charge is 2.25. The van der Waals surface area contributed by atoms with Crippen LogP contribution in [-0.4, -0.2) is 44.6 Å². The second-order valence-corrected chi connectivity index (χ2v) is 16.4. The molecule has 2 aliphatic carbocycles. The molecule has 4 aromatic heterocycles. The number of halogens is 1. The predicted molar refractivity (Wildman–Crippen MR) is 240 cm³/mol. The van der Waals surface area contributed by atoms with Gasteiger partial charge in [0.15, 0.2) is 0 Å². The number of pyridine rings is 2. The minimum atomic E-state index is 0.250. The third-order valence-electron chi connectivity index (χ3n) is 11.7. The van der Waals surface area contributed by atoms with Crippen molar-refractivity contribution in [3.8, 4) is 0 Å². The van der Waals surface area contributed by atoms with Crippen LogP contribution in [0.2, 0.25) is 0 Å². The summed E-state index contributed by atoms with van der Waals surface area (Å²) in [6.45, 7) is 8.73. The Morgan fingerprint density at radius 2 is 1.08 bits per heavy atom. The molecule has 8 rings (SSSR count). The average molecular weight is 892 g/mol. The van der Waals surface area contributed by atoms with Gasteiger partial charge in [0.2, 0.25) is 0 Å². The molecule has 6 aromatic rings. The summed E-state index contributed by atoms with van der Waals surface area (Å²) in [5, 5.41) is 2.67. The third kappa shape index (κ3) is 13.5. The lowest BCUT2D eigenvalue weighted by atomic mass is 9.84. The molecule has 0 aliphatic heterocycles. The Hall–Kier alpha value is -5.02. The topological polar surface area (TPSA) is 122 Å². The maximum Gasteiger partial charge on any atom is 0.373 e. The molecule has 2 fully saturated rings. The van der Waals surface area contributed by atoms with E-state index in [0.717, 1.165) is 42.9 Å². The van der Waals surface area contributed by atoms with E-state index in [9.17, 15) is 0 Å². The summed E-state index contributed by atoms with van der Waals surface area (Å²) < 4.78 is 17.8. The first-order chi connectivity index (χ1) is 30.0. The summed E-state index contributed by atoms with van der Waals surface area (Å²) in [7, 11) is 0. The molecule has 0 amide bonds. The number of hydrogen-bond donors (Lipinski definition) is 0. The van der Waals surface area contributed by atoms with Crippen LogP contribution in [0.25, 0.3) is 22.1 Å². The van der Waals surface area contributed by atoms with Crippen molar-refractivity contribution in [2.24, 2.45) is 0 Å². The van der Waals surface area contributed by atoms with Gasteiger partial charge in [-0.3, -0.25) is 0 Å². The Bertz CT molecular complexity index is 2270. The quantitative estimate of drug-likeness (QED) is 0.0991. The van der Waals surface area contributed by atoms with Gasteiger partial charge in [0.1, 0.15) is 11.3 Å². The van der Waals surface area contributed by atoms with Gasteiger partial charge in [-0.15, -0.1) is 0 Å². The average Bonchev–Trinajstić information content (AvgIpc) is 3.81. The fourth-order valence-electron chi connectivity index (χ4n) is 8.62. The molecule has 0 atom stereocenters. The molecule has 0 N–H and O–H groups in total. The van der Waals surface area contributed by atoms with E-state index in [-0.39, 0.29) is 12.3 Å². The lowest BCUT2D eigenvalue weighted by Gasteiger charge is -2.22. The van der Waals surface area contributed by atoms with E-state index < -0.39 is 0 Å². The Balaban J connectivity index is 0.000000205. The zero-order valence-electron chi connectivity index (χ0n) is 35.7. The van der Waals surface area contributed by atoms with Crippen molar-refractivity contribution < 1.29 is 28.7 Å².